The van der Waals surface area contributed by atoms with Crippen LogP contribution in [0.15, 0.2) is 73.3 Å². The van der Waals surface area contributed by atoms with Gasteiger partial charge in [-0.05, 0) is 35.9 Å². The summed E-state index contributed by atoms with van der Waals surface area (Å²) in [7, 11) is 1.53. The molecule has 0 unspecified atom stereocenters. The van der Waals surface area contributed by atoms with Crippen LogP contribution in [0.25, 0.3) is 22.5 Å². The van der Waals surface area contributed by atoms with Gasteiger partial charge in [-0.1, -0.05) is 29.8 Å². The van der Waals surface area contributed by atoms with Crippen molar-refractivity contribution >= 4 is 11.6 Å². The predicted molar refractivity (Wildman–Crippen MR) is 108 cm³/mol. The lowest BCUT2D eigenvalue weighted by Gasteiger charge is -2.15. The summed E-state index contributed by atoms with van der Waals surface area (Å²) in [4.78, 5) is 8.53. The summed E-state index contributed by atoms with van der Waals surface area (Å²) in [5.74, 6) is 0.849. The number of ether oxygens (including phenoxy) is 1. The molecule has 0 aliphatic heterocycles. The molecule has 0 bridgehead atoms. The highest BCUT2D eigenvalue weighted by Crippen LogP contribution is 2.36. The van der Waals surface area contributed by atoms with Crippen LogP contribution in [0, 0.1) is 5.82 Å². The molecule has 0 aliphatic carbocycles. The third-order valence-corrected chi connectivity index (χ3v) is 4.73. The predicted octanol–water partition coefficient (Wildman–Crippen LogP) is 5.46. The summed E-state index contributed by atoms with van der Waals surface area (Å²) in [5, 5.41) is 0.540. The number of imidazole rings is 1. The first-order valence-electron chi connectivity index (χ1n) is 8.70. The molecule has 4 rings (SSSR count). The molecule has 140 valence electrons. The van der Waals surface area contributed by atoms with Gasteiger partial charge in [0.2, 0.25) is 0 Å². The van der Waals surface area contributed by atoms with E-state index in [1.807, 2.05) is 29.0 Å². The number of rotatable bonds is 5. The number of aromatic nitrogens is 3. The summed E-state index contributed by atoms with van der Waals surface area (Å²) in [5.41, 5.74) is 2.46. The number of nitrogens with zero attached hydrogens (tertiary/aromatic N) is 3. The highest BCUT2D eigenvalue weighted by atomic mass is 35.5. The first-order chi connectivity index (χ1) is 13.7. The smallest absolute Gasteiger partial charge is 0.141 e. The topological polar surface area (TPSA) is 39.9 Å². The second-order valence-electron chi connectivity index (χ2n) is 6.25. The van der Waals surface area contributed by atoms with Gasteiger partial charge in [0, 0.05) is 40.9 Å². The summed E-state index contributed by atoms with van der Waals surface area (Å²) < 4.78 is 22.8. The molecule has 0 amide bonds. The lowest BCUT2D eigenvalue weighted by Crippen LogP contribution is -2.05. The van der Waals surface area contributed by atoms with Crippen molar-refractivity contribution in [3.05, 3.63) is 89.7 Å². The van der Waals surface area contributed by atoms with E-state index in [0.717, 1.165) is 11.4 Å². The third kappa shape index (κ3) is 3.49. The van der Waals surface area contributed by atoms with E-state index in [9.17, 15) is 0 Å². The second-order valence-corrected chi connectivity index (χ2v) is 6.68. The quantitative estimate of drug-likeness (QED) is 0.452. The molecule has 0 spiro atoms. The van der Waals surface area contributed by atoms with E-state index in [4.69, 9.17) is 16.3 Å². The maximum absolute atomic E-state index is 15.5. The Morgan fingerprint density at radius 3 is 2.68 bits per heavy atom. The average molecular weight is 394 g/mol. The van der Waals surface area contributed by atoms with Crippen LogP contribution < -0.4 is 4.74 Å². The lowest BCUT2D eigenvalue weighted by molar-refractivity contribution is 0.413. The Labute approximate surface area is 167 Å². The van der Waals surface area contributed by atoms with Crippen molar-refractivity contribution < 1.29 is 9.13 Å². The average Bonchev–Trinajstić information content (AvgIpc) is 3.18. The number of benzene rings is 2. The second kappa shape index (κ2) is 7.82. The Kier molecular flexibility index (Phi) is 5.08. The van der Waals surface area contributed by atoms with Crippen molar-refractivity contribution in [2.75, 3.05) is 7.11 Å². The fraction of sp³-hybridized carbons (Fsp3) is 0.0909. The lowest BCUT2D eigenvalue weighted by atomic mass is 10.0. The Hall–Kier alpha value is -3.18. The Balaban J connectivity index is 1.77. The van der Waals surface area contributed by atoms with Crippen LogP contribution in [0.4, 0.5) is 4.39 Å². The standard InChI is InChI=1S/C22H17ClFN3O/c1-28-19-8-7-17(21(24)20(19)15-4-2-6-18(23)12-15)14-27-11-10-26-22(27)16-5-3-9-25-13-16/h2-13H,14H2,1H3. The van der Waals surface area contributed by atoms with Crippen LogP contribution in [0.2, 0.25) is 5.02 Å². The van der Waals surface area contributed by atoms with Crippen LogP contribution in [0.5, 0.6) is 5.75 Å². The Morgan fingerprint density at radius 2 is 1.93 bits per heavy atom. The largest absolute Gasteiger partial charge is 0.496 e. The molecular formula is C22H17ClFN3O. The van der Waals surface area contributed by atoms with E-state index in [2.05, 4.69) is 9.97 Å². The van der Waals surface area contributed by atoms with E-state index in [1.165, 1.54) is 7.11 Å². The van der Waals surface area contributed by atoms with Gasteiger partial charge < -0.3 is 9.30 Å². The monoisotopic (exact) mass is 393 g/mol. The van der Waals surface area contributed by atoms with E-state index in [0.29, 0.717) is 34.0 Å². The van der Waals surface area contributed by atoms with Gasteiger partial charge >= 0.3 is 0 Å². The summed E-state index contributed by atoms with van der Waals surface area (Å²) in [6, 6.07) is 14.4. The van der Waals surface area contributed by atoms with E-state index in [1.54, 1.807) is 48.9 Å². The van der Waals surface area contributed by atoms with Gasteiger partial charge in [-0.15, -0.1) is 0 Å². The molecule has 0 saturated carbocycles. The van der Waals surface area contributed by atoms with Crippen molar-refractivity contribution in [2.24, 2.45) is 0 Å². The van der Waals surface area contributed by atoms with Gasteiger partial charge in [0.1, 0.15) is 17.4 Å². The van der Waals surface area contributed by atoms with E-state index in [-0.39, 0.29) is 5.82 Å². The number of pyridine rings is 1. The molecule has 28 heavy (non-hydrogen) atoms. The molecule has 0 N–H and O–H groups in total. The van der Waals surface area contributed by atoms with Gasteiger partial charge in [-0.2, -0.15) is 0 Å². The van der Waals surface area contributed by atoms with Crippen molar-refractivity contribution in [1.29, 1.82) is 0 Å². The molecule has 6 heteroatoms. The first-order valence-corrected chi connectivity index (χ1v) is 9.08. The van der Waals surface area contributed by atoms with Crippen LogP contribution in [-0.2, 0) is 6.54 Å². The molecule has 0 atom stereocenters. The van der Waals surface area contributed by atoms with E-state index < -0.39 is 0 Å². The molecule has 2 heterocycles. The number of methoxy groups -OCH3 is 1. The zero-order chi connectivity index (χ0) is 19.5. The first kappa shape index (κ1) is 18.2. The zero-order valence-corrected chi connectivity index (χ0v) is 15.9. The Bertz CT molecular complexity index is 1110. The van der Waals surface area contributed by atoms with Crippen molar-refractivity contribution in [1.82, 2.24) is 14.5 Å². The molecule has 0 radical (unpaired) electrons. The molecule has 2 aromatic carbocycles. The van der Waals surface area contributed by atoms with Gasteiger partial charge in [0.25, 0.3) is 0 Å². The molecule has 0 saturated heterocycles. The van der Waals surface area contributed by atoms with E-state index >= 15 is 4.39 Å². The van der Waals surface area contributed by atoms with Crippen molar-refractivity contribution in [3.8, 4) is 28.3 Å². The zero-order valence-electron chi connectivity index (χ0n) is 15.1. The molecule has 2 aromatic heterocycles. The number of halogens is 2. The van der Waals surface area contributed by atoms with Crippen LogP contribution in [0.3, 0.4) is 0 Å². The van der Waals surface area contributed by atoms with Gasteiger partial charge in [0.15, 0.2) is 0 Å². The van der Waals surface area contributed by atoms with Gasteiger partial charge in [-0.3, -0.25) is 4.98 Å². The molecule has 4 aromatic rings. The van der Waals surface area contributed by atoms with Gasteiger partial charge in [-0.25, -0.2) is 9.37 Å². The minimum absolute atomic E-state index is 0.327. The minimum atomic E-state index is -0.340. The van der Waals surface area contributed by atoms with Crippen LogP contribution in [-0.4, -0.2) is 21.6 Å². The highest BCUT2D eigenvalue weighted by Gasteiger charge is 2.17. The number of hydrogen-bond acceptors (Lipinski definition) is 3. The fourth-order valence-electron chi connectivity index (χ4n) is 3.18. The van der Waals surface area contributed by atoms with Crippen molar-refractivity contribution in [3.63, 3.8) is 0 Å². The molecule has 0 aliphatic rings. The molecular weight excluding hydrogens is 377 g/mol. The molecule has 0 fully saturated rings. The highest BCUT2D eigenvalue weighted by molar-refractivity contribution is 6.30. The van der Waals surface area contributed by atoms with Crippen molar-refractivity contribution in [2.45, 2.75) is 6.54 Å². The summed E-state index contributed by atoms with van der Waals surface area (Å²) in [6.45, 7) is 0.327. The SMILES string of the molecule is COc1ccc(Cn2ccnc2-c2cccnc2)c(F)c1-c1cccc(Cl)c1. The Morgan fingerprint density at radius 1 is 1.07 bits per heavy atom. The fourth-order valence-corrected chi connectivity index (χ4v) is 3.37. The maximum atomic E-state index is 15.5. The summed E-state index contributed by atoms with van der Waals surface area (Å²) >= 11 is 6.10. The van der Waals surface area contributed by atoms with Crippen LogP contribution >= 0.6 is 11.6 Å². The number of hydrogen-bond donors (Lipinski definition) is 0. The molecule has 4 nitrogen and oxygen atoms in total. The van der Waals surface area contributed by atoms with Crippen LogP contribution in [0.1, 0.15) is 5.56 Å². The third-order valence-electron chi connectivity index (χ3n) is 4.49. The van der Waals surface area contributed by atoms with Gasteiger partial charge in [0.05, 0.1) is 19.2 Å². The summed E-state index contributed by atoms with van der Waals surface area (Å²) in [6.07, 6.45) is 6.96. The minimum Gasteiger partial charge on any atom is -0.496 e. The normalized spacial score (nSPS) is 10.8. The maximum Gasteiger partial charge on any atom is 0.141 e.